The van der Waals surface area contributed by atoms with Gasteiger partial charge in [0.25, 0.3) is 0 Å². The van der Waals surface area contributed by atoms with Crippen molar-refractivity contribution in [1.82, 2.24) is 9.80 Å². The number of carbonyl (C=O) groups is 1. The highest BCUT2D eigenvalue weighted by Crippen LogP contribution is 2.26. The van der Waals surface area contributed by atoms with Crippen LogP contribution in [0.15, 0.2) is 34.5 Å². The summed E-state index contributed by atoms with van der Waals surface area (Å²) in [6.07, 6.45) is 3.07. The van der Waals surface area contributed by atoms with Gasteiger partial charge in [0.1, 0.15) is 11.6 Å². The van der Waals surface area contributed by atoms with Crippen LogP contribution < -0.4 is 5.32 Å². The molecule has 1 fully saturated rings. The number of hydrogen-bond donors (Lipinski definition) is 1. The highest BCUT2D eigenvalue weighted by Gasteiger charge is 2.18. The number of thioether (sulfide) groups is 1. The Balaban J connectivity index is 1.48. The maximum Gasteiger partial charge on any atom is 0.238 e. The topological polar surface area (TPSA) is 35.6 Å². The molecule has 1 amide bonds. The molecule has 0 atom stereocenters. The zero-order valence-corrected chi connectivity index (χ0v) is 16.8. The van der Waals surface area contributed by atoms with Crippen molar-refractivity contribution < 1.29 is 13.6 Å². The van der Waals surface area contributed by atoms with Crippen molar-refractivity contribution in [2.75, 3.05) is 44.3 Å². The summed E-state index contributed by atoms with van der Waals surface area (Å²) in [6, 6.07) is 7.50. The molecule has 2 aromatic rings. The van der Waals surface area contributed by atoms with Crippen molar-refractivity contribution in [3.8, 4) is 0 Å². The molecule has 146 valence electrons. The smallest absolute Gasteiger partial charge is 0.238 e. The highest BCUT2D eigenvalue weighted by molar-refractivity contribution is 8.00. The molecule has 1 saturated heterocycles. The van der Waals surface area contributed by atoms with Crippen LogP contribution in [-0.4, -0.2) is 54.7 Å². The Labute approximate surface area is 166 Å². The van der Waals surface area contributed by atoms with Gasteiger partial charge in [-0.25, -0.2) is 8.78 Å². The molecular weight excluding hydrogens is 388 g/mol. The Morgan fingerprint density at radius 3 is 2.67 bits per heavy atom. The lowest BCUT2D eigenvalue weighted by Gasteiger charge is -2.21. The van der Waals surface area contributed by atoms with Crippen molar-refractivity contribution in [3.05, 3.63) is 46.8 Å². The normalized spacial score (nSPS) is 16.3. The fraction of sp³-hybridized carbons (Fsp3) is 0.421. The van der Waals surface area contributed by atoms with Gasteiger partial charge in [-0.3, -0.25) is 14.6 Å². The van der Waals surface area contributed by atoms with Gasteiger partial charge in [0, 0.05) is 30.6 Å². The average molecular weight is 412 g/mol. The third-order valence-electron chi connectivity index (χ3n) is 4.47. The van der Waals surface area contributed by atoms with Crippen molar-refractivity contribution >= 4 is 34.7 Å². The summed E-state index contributed by atoms with van der Waals surface area (Å²) in [7, 11) is 0. The van der Waals surface area contributed by atoms with E-state index in [4.69, 9.17) is 0 Å². The number of anilines is 1. The molecule has 0 radical (unpaired) electrons. The van der Waals surface area contributed by atoms with E-state index in [1.165, 1.54) is 15.2 Å². The Morgan fingerprint density at radius 1 is 1.15 bits per heavy atom. The SMILES string of the molecule is CSc1ccc(CN2CCCN(CC(=O)Nc3ccc(F)cc3F)CC2)s1. The standard InChI is InChI=1S/C19H23F2N3OS2/c1-26-19-6-4-15(27-19)12-23-7-2-8-24(10-9-23)13-18(25)22-17-5-3-14(20)11-16(17)21/h3-6,11H,2,7-10,12-13H2,1H3,(H,22,25). The summed E-state index contributed by atoms with van der Waals surface area (Å²) in [6.45, 7) is 4.66. The number of hydrogen-bond acceptors (Lipinski definition) is 5. The maximum atomic E-state index is 13.7. The summed E-state index contributed by atoms with van der Waals surface area (Å²) >= 11 is 3.59. The van der Waals surface area contributed by atoms with Crippen molar-refractivity contribution in [1.29, 1.82) is 0 Å². The summed E-state index contributed by atoms with van der Waals surface area (Å²) in [4.78, 5) is 18.1. The minimum atomic E-state index is -0.758. The summed E-state index contributed by atoms with van der Waals surface area (Å²) in [5, 5.41) is 2.53. The lowest BCUT2D eigenvalue weighted by atomic mass is 10.3. The summed E-state index contributed by atoms with van der Waals surface area (Å²) in [5.41, 5.74) is 0.0140. The van der Waals surface area contributed by atoms with E-state index >= 15 is 0 Å². The van der Waals surface area contributed by atoms with Gasteiger partial charge < -0.3 is 5.32 Å². The number of carbonyl (C=O) groups excluding carboxylic acids is 1. The van der Waals surface area contributed by atoms with Crippen LogP contribution in [0.2, 0.25) is 0 Å². The first-order valence-electron chi connectivity index (χ1n) is 8.86. The fourth-order valence-corrected chi connectivity index (χ4v) is 4.73. The first-order valence-corrected chi connectivity index (χ1v) is 10.9. The van der Waals surface area contributed by atoms with Gasteiger partial charge in [0.2, 0.25) is 5.91 Å². The monoisotopic (exact) mass is 411 g/mol. The van der Waals surface area contributed by atoms with Crippen LogP contribution in [0.25, 0.3) is 0 Å². The second kappa shape index (κ2) is 9.64. The molecule has 2 heterocycles. The molecule has 0 saturated carbocycles. The molecule has 1 aromatic heterocycles. The summed E-state index contributed by atoms with van der Waals surface area (Å²) < 4.78 is 27.9. The van der Waals surface area contributed by atoms with Crippen LogP contribution in [0.5, 0.6) is 0 Å². The molecule has 0 spiro atoms. The third kappa shape index (κ3) is 6.00. The summed E-state index contributed by atoms with van der Waals surface area (Å²) in [5.74, 6) is -1.70. The molecule has 8 heteroatoms. The zero-order chi connectivity index (χ0) is 19.2. The Kier molecular flexibility index (Phi) is 7.23. The number of halogens is 2. The molecule has 0 bridgehead atoms. The van der Waals surface area contributed by atoms with E-state index in [0.29, 0.717) is 0 Å². The van der Waals surface area contributed by atoms with E-state index in [1.54, 1.807) is 11.8 Å². The zero-order valence-electron chi connectivity index (χ0n) is 15.2. The van der Waals surface area contributed by atoms with Crippen molar-refractivity contribution in [2.45, 2.75) is 17.2 Å². The van der Waals surface area contributed by atoms with E-state index in [-0.39, 0.29) is 18.1 Å². The molecule has 4 nitrogen and oxygen atoms in total. The number of nitrogens with zero attached hydrogens (tertiary/aromatic N) is 2. The van der Waals surface area contributed by atoms with Crippen LogP contribution in [0.3, 0.4) is 0 Å². The molecule has 1 N–H and O–H groups in total. The highest BCUT2D eigenvalue weighted by atomic mass is 32.2. The van der Waals surface area contributed by atoms with Crippen LogP contribution in [0.1, 0.15) is 11.3 Å². The second-order valence-electron chi connectivity index (χ2n) is 6.50. The quantitative estimate of drug-likeness (QED) is 0.732. The van der Waals surface area contributed by atoms with Gasteiger partial charge in [-0.15, -0.1) is 23.1 Å². The molecule has 1 aliphatic rings. The average Bonchev–Trinajstić information content (AvgIpc) is 2.98. The Hall–Kier alpha value is -1.48. The van der Waals surface area contributed by atoms with E-state index < -0.39 is 11.6 Å². The molecule has 0 aliphatic carbocycles. The van der Waals surface area contributed by atoms with Gasteiger partial charge in [0.15, 0.2) is 0 Å². The number of amides is 1. The van der Waals surface area contributed by atoms with Gasteiger partial charge >= 0.3 is 0 Å². The van der Waals surface area contributed by atoms with Crippen molar-refractivity contribution in [2.24, 2.45) is 0 Å². The number of rotatable bonds is 6. The molecular formula is C19H23F2N3OS2. The molecule has 0 unspecified atom stereocenters. The first kappa shape index (κ1) is 20.3. The van der Waals surface area contributed by atoms with Gasteiger partial charge in [-0.05, 0) is 50.0 Å². The van der Waals surface area contributed by atoms with E-state index in [0.717, 1.165) is 51.3 Å². The van der Waals surface area contributed by atoms with Crippen LogP contribution >= 0.6 is 23.1 Å². The Morgan fingerprint density at radius 2 is 1.93 bits per heavy atom. The largest absolute Gasteiger partial charge is 0.322 e. The lowest BCUT2D eigenvalue weighted by Crippen LogP contribution is -2.36. The predicted molar refractivity (Wildman–Crippen MR) is 107 cm³/mol. The van der Waals surface area contributed by atoms with Crippen molar-refractivity contribution in [3.63, 3.8) is 0 Å². The Bertz CT molecular complexity index is 784. The number of benzene rings is 1. The van der Waals surface area contributed by atoms with E-state index in [2.05, 4.69) is 33.5 Å². The van der Waals surface area contributed by atoms with E-state index in [1.807, 2.05) is 11.3 Å². The fourth-order valence-electron chi connectivity index (χ4n) is 3.10. The van der Waals surface area contributed by atoms with Crippen LogP contribution in [0.4, 0.5) is 14.5 Å². The van der Waals surface area contributed by atoms with Gasteiger partial charge in [-0.1, -0.05) is 0 Å². The number of nitrogens with one attached hydrogen (secondary N) is 1. The molecule has 1 aliphatic heterocycles. The molecule has 27 heavy (non-hydrogen) atoms. The van der Waals surface area contributed by atoms with Crippen LogP contribution in [0, 0.1) is 11.6 Å². The van der Waals surface area contributed by atoms with E-state index in [9.17, 15) is 13.6 Å². The first-order chi connectivity index (χ1) is 13.0. The minimum absolute atomic E-state index is 0.0140. The maximum absolute atomic E-state index is 13.7. The number of thiophene rings is 1. The van der Waals surface area contributed by atoms with Crippen LogP contribution in [-0.2, 0) is 11.3 Å². The van der Waals surface area contributed by atoms with Gasteiger partial charge in [0.05, 0.1) is 16.4 Å². The third-order valence-corrected chi connectivity index (χ3v) is 6.62. The second-order valence-corrected chi connectivity index (χ2v) is 8.78. The molecule has 1 aromatic carbocycles. The van der Waals surface area contributed by atoms with Gasteiger partial charge in [-0.2, -0.15) is 0 Å². The predicted octanol–water partition coefficient (Wildman–Crippen LogP) is 3.89. The lowest BCUT2D eigenvalue weighted by molar-refractivity contribution is -0.117. The molecule has 3 rings (SSSR count). The minimum Gasteiger partial charge on any atom is -0.322 e.